The number of carbonyl (C=O) groups is 2. The molecule has 3 N–H and O–H groups in total. The summed E-state index contributed by atoms with van der Waals surface area (Å²) in [6, 6.07) is -1.27. The van der Waals surface area contributed by atoms with Crippen molar-refractivity contribution in [2.24, 2.45) is 5.92 Å². The Labute approximate surface area is 99.6 Å². The Hall–Kier alpha value is -1.30. The van der Waals surface area contributed by atoms with Gasteiger partial charge in [0.15, 0.2) is 0 Å². The summed E-state index contributed by atoms with van der Waals surface area (Å²) < 4.78 is 0. The van der Waals surface area contributed by atoms with Gasteiger partial charge in [-0.1, -0.05) is 6.42 Å². The predicted octanol–water partition coefficient (Wildman–Crippen LogP) is 0.0159. The molecule has 0 radical (unpaired) electrons. The fourth-order valence-corrected chi connectivity index (χ4v) is 2.30. The Morgan fingerprint density at radius 3 is 2.59 bits per heavy atom. The SMILES string of the molecule is O=C(O)C1CC(O)CN1C(=O)NCC1CCC1. The van der Waals surface area contributed by atoms with Crippen LogP contribution in [0.25, 0.3) is 0 Å². The molecule has 1 heterocycles. The Morgan fingerprint density at radius 2 is 2.06 bits per heavy atom. The number of likely N-dealkylation sites (tertiary alicyclic amines) is 1. The summed E-state index contributed by atoms with van der Waals surface area (Å²) in [7, 11) is 0. The third-order valence-corrected chi connectivity index (χ3v) is 3.59. The van der Waals surface area contributed by atoms with Crippen molar-refractivity contribution in [2.45, 2.75) is 37.8 Å². The molecule has 1 aliphatic heterocycles. The normalized spacial score (nSPS) is 28.9. The van der Waals surface area contributed by atoms with Crippen LogP contribution in [0.4, 0.5) is 4.79 Å². The van der Waals surface area contributed by atoms with E-state index in [0.717, 1.165) is 12.8 Å². The maximum atomic E-state index is 11.8. The fraction of sp³-hybridized carbons (Fsp3) is 0.818. The van der Waals surface area contributed by atoms with Gasteiger partial charge in [-0.25, -0.2) is 9.59 Å². The van der Waals surface area contributed by atoms with Gasteiger partial charge in [0.2, 0.25) is 0 Å². The van der Waals surface area contributed by atoms with Gasteiger partial charge in [0.25, 0.3) is 0 Å². The first kappa shape index (κ1) is 12.2. The molecule has 0 aromatic heterocycles. The average Bonchev–Trinajstić information content (AvgIpc) is 2.58. The number of nitrogens with one attached hydrogen (secondary N) is 1. The minimum Gasteiger partial charge on any atom is -0.480 e. The molecule has 0 bridgehead atoms. The molecule has 0 aromatic rings. The lowest BCUT2D eigenvalue weighted by molar-refractivity contribution is -0.141. The number of carbonyl (C=O) groups excluding carboxylic acids is 1. The van der Waals surface area contributed by atoms with Crippen LogP contribution < -0.4 is 5.32 Å². The van der Waals surface area contributed by atoms with Crippen LogP contribution in [0.15, 0.2) is 0 Å². The predicted molar refractivity (Wildman–Crippen MR) is 59.5 cm³/mol. The molecular formula is C11H18N2O4. The highest BCUT2D eigenvalue weighted by Crippen LogP contribution is 2.25. The number of rotatable bonds is 3. The first-order valence-corrected chi connectivity index (χ1v) is 6.03. The van der Waals surface area contributed by atoms with Gasteiger partial charge in [-0.2, -0.15) is 0 Å². The molecule has 1 saturated heterocycles. The lowest BCUT2D eigenvalue weighted by atomic mass is 9.85. The maximum absolute atomic E-state index is 11.8. The number of aliphatic hydroxyl groups is 1. The van der Waals surface area contributed by atoms with Gasteiger partial charge in [0, 0.05) is 19.5 Å². The molecular weight excluding hydrogens is 224 g/mol. The van der Waals surface area contributed by atoms with Crippen LogP contribution >= 0.6 is 0 Å². The third-order valence-electron chi connectivity index (χ3n) is 3.59. The van der Waals surface area contributed by atoms with Crippen molar-refractivity contribution in [3.8, 4) is 0 Å². The van der Waals surface area contributed by atoms with Gasteiger partial charge in [0.05, 0.1) is 6.10 Å². The number of carboxylic acids is 1. The number of hydrogen-bond acceptors (Lipinski definition) is 3. The summed E-state index contributed by atoms with van der Waals surface area (Å²) in [5.74, 6) is -0.518. The number of nitrogens with zero attached hydrogens (tertiary/aromatic N) is 1. The number of carboxylic acid groups (broad SMARTS) is 1. The van der Waals surface area contributed by atoms with Crippen molar-refractivity contribution in [2.75, 3.05) is 13.1 Å². The number of urea groups is 1. The quantitative estimate of drug-likeness (QED) is 0.650. The Morgan fingerprint density at radius 1 is 1.35 bits per heavy atom. The summed E-state index contributed by atoms with van der Waals surface area (Å²) in [5, 5.41) is 21.1. The summed E-state index contributed by atoms with van der Waals surface area (Å²) >= 11 is 0. The summed E-state index contributed by atoms with van der Waals surface area (Å²) in [6.45, 7) is 0.714. The molecule has 2 unspecified atom stereocenters. The van der Waals surface area contributed by atoms with Crippen molar-refractivity contribution in [3.05, 3.63) is 0 Å². The van der Waals surface area contributed by atoms with Crippen LogP contribution in [0.5, 0.6) is 0 Å². The molecule has 2 rings (SSSR count). The summed E-state index contributed by atoms with van der Waals surface area (Å²) in [5.41, 5.74) is 0. The third kappa shape index (κ3) is 2.69. The zero-order chi connectivity index (χ0) is 12.4. The molecule has 2 fully saturated rings. The maximum Gasteiger partial charge on any atom is 0.326 e. The number of aliphatic carboxylic acids is 1. The second-order valence-corrected chi connectivity index (χ2v) is 4.88. The van der Waals surface area contributed by atoms with Crippen LogP contribution in [0, 0.1) is 5.92 Å². The molecule has 96 valence electrons. The lowest BCUT2D eigenvalue weighted by Gasteiger charge is -2.27. The first-order chi connectivity index (χ1) is 8.08. The largest absolute Gasteiger partial charge is 0.480 e. The van der Waals surface area contributed by atoms with Gasteiger partial charge >= 0.3 is 12.0 Å². The number of amides is 2. The monoisotopic (exact) mass is 242 g/mol. The molecule has 2 atom stereocenters. The lowest BCUT2D eigenvalue weighted by Crippen LogP contribution is -2.47. The van der Waals surface area contributed by atoms with E-state index in [1.165, 1.54) is 11.3 Å². The van der Waals surface area contributed by atoms with Crippen molar-refractivity contribution in [1.29, 1.82) is 0 Å². The van der Waals surface area contributed by atoms with E-state index >= 15 is 0 Å². The van der Waals surface area contributed by atoms with Gasteiger partial charge in [-0.15, -0.1) is 0 Å². The highest BCUT2D eigenvalue weighted by molar-refractivity contribution is 5.83. The minimum absolute atomic E-state index is 0.105. The second-order valence-electron chi connectivity index (χ2n) is 4.88. The van der Waals surface area contributed by atoms with Crippen molar-refractivity contribution in [3.63, 3.8) is 0 Å². The topological polar surface area (TPSA) is 89.9 Å². The van der Waals surface area contributed by atoms with Crippen LogP contribution in [0.3, 0.4) is 0 Å². The average molecular weight is 242 g/mol. The van der Waals surface area contributed by atoms with Gasteiger partial charge in [-0.3, -0.25) is 0 Å². The van der Waals surface area contributed by atoms with Gasteiger partial charge in [-0.05, 0) is 18.8 Å². The highest BCUT2D eigenvalue weighted by Gasteiger charge is 2.39. The Kier molecular flexibility index (Phi) is 3.51. The number of β-amino-alcohol motifs (C(OH)–C–C–N with tert-alkyl or cyclic N) is 1. The molecule has 1 saturated carbocycles. The van der Waals surface area contributed by atoms with E-state index in [4.69, 9.17) is 5.11 Å². The molecule has 6 heteroatoms. The summed E-state index contributed by atoms with van der Waals surface area (Å²) in [6.07, 6.45) is 2.86. The second kappa shape index (κ2) is 4.91. The van der Waals surface area contributed by atoms with E-state index in [-0.39, 0.29) is 19.0 Å². The van der Waals surface area contributed by atoms with Crippen LogP contribution in [-0.2, 0) is 4.79 Å². The van der Waals surface area contributed by atoms with E-state index < -0.39 is 18.1 Å². The van der Waals surface area contributed by atoms with E-state index in [9.17, 15) is 14.7 Å². The van der Waals surface area contributed by atoms with E-state index in [0.29, 0.717) is 12.5 Å². The molecule has 6 nitrogen and oxygen atoms in total. The first-order valence-electron chi connectivity index (χ1n) is 6.03. The molecule has 2 amide bonds. The van der Waals surface area contributed by atoms with E-state index in [1.54, 1.807) is 0 Å². The van der Waals surface area contributed by atoms with Gasteiger partial charge < -0.3 is 20.4 Å². The zero-order valence-corrected chi connectivity index (χ0v) is 9.63. The Bertz CT molecular complexity index is 317. The smallest absolute Gasteiger partial charge is 0.326 e. The standard InChI is InChI=1S/C11H18N2O4/c14-8-4-9(10(15)16)13(6-8)11(17)12-5-7-2-1-3-7/h7-9,14H,1-6H2,(H,12,17)(H,15,16). The van der Waals surface area contributed by atoms with Crippen molar-refractivity contribution in [1.82, 2.24) is 10.2 Å². The van der Waals surface area contributed by atoms with E-state index in [2.05, 4.69) is 5.32 Å². The van der Waals surface area contributed by atoms with Gasteiger partial charge in [0.1, 0.15) is 6.04 Å². The molecule has 17 heavy (non-hydrogen) atoms. The number of aliphatic hydroxyl groups excluding tert-OH is 1. The van der Waals surface area contributed by atoms with Crippen LogP contribution in [0.2, 0.25) is 0 Å². The fourth-order valence-electron chi connectivity index (χ4n) is 2.30. The Balaban J connectivity index is 1.85. The molecule has 1 aliphatic carbocycles. The van der Waals surface area contributed by atoms with Crippen molar-refractivity contribution < 1.29 is 19.8 Å². The minimum atomic E-state index is -1.06. The molecule has 2 aliphatic rings. The van der Waals surface area contributed by atoms with Crippen LogP contribution in [-0.4, -0.2) is 52.3 Å². The zero-order valence-electron chi connectivity index (χ0n) is 9.63. The van der Waals surface area contributed by atoms with Crippen LogP contribution in [0.1, 0.15) is 25.7 Å². The highest BCUT2D eigenvalue weighted by atomic mass is 16.4. The molecule has 0 spiro atoms. The summed E-state index contributed by atoms with van der Waals surface area (Å²) in [4.78, 5) is 23.9. The van der Waals surface area contributed by atoms with Crippen molar-refractivity contribution >= 4 is 12.0 Å². The number of hydrogen-bond donors (Lipinski definition) is 3. The van der Waals surface area contributed by atoms with E-state index in [1.807, 2.05) is 0 Å². The molecule has 0 aromatic carbocycles.